The van der Waals surface area contributed by atoms with Crippen LogP contribution in [0.2, 0.25) is 0 Å². The second kappa shape index (κ2) is 7.09. The van der Waals surface area contributed by atoms with Crippen LogP contribution in [0.4, 0.5) is 10.1 Å². The van der Waals surface area contributed by atoms with E-state index in [0.29, 0.717) is 6.54 Å². The lowest BCUT2D eigenvalue weighted by Crippen LogP contribution is -2.31. The van der Waals surface area contributed by atoms with E-state index in [1.165, 1.54) is 12.1 Å². The molecule has 0 spiro atoms. The van der Waals surface area contributed by atoms with Crippen LogP contribution in [-0.2, 0) is 0 Å². The molecule has 0 aliphatic heterocycles. The molecule has 0 heterocycles. The smallest absolute Gasteiger partial charge is 0.125 e. The van der Waals surface area contributed by atoms with Crippen molar-refractivity contribution < 1.29 is 9.13 Å². The molecule has 1 unspecified atom stereocenters. The zero-order valence-corrected chi connectivity index (χ0v) is 12.6. The Balaban J connectivity index is 2.19. The Bertz CT molecular complexity index is 589. The van der Waals surface area contributed by atoms with Gasteiger partial charge in [0.25, 0.3) is 0 Å². The van der Waals surface area contributed by atoms with Crippen molar-refractivity contribution in [1.82, 2.24) is 5.32 Å². The molecule has 0 aliphatic carbocycles. The maximum atomic E-state index is 13.3. The first-order valence-electron chi connectivity index (χ1n) is 6.92. The molecule has 0 aromatic heterocycles. The minimum Gasteiger partial charge on any atom is -0.496 e. The summed E-state index contributed by atoms with van der Waals surface area (Å²) in [6.07, 6.45) is 0. The maximum absolute atomic E-state index is 13.3. The molecule has 2 aromatic carbocycles. The Morgan fingerprint density at radius 2 is 1.95 bits per heavy atom. The minimum absolute atomic E-state index is 0.0921. The first-order chi connectivity index (χ1) is 10.2. The molecule has 2 rings (SSSR count). The molecular weight excluding hydrogens is 267 g/mol. The third kappa shape index (κ3) is 3.73. The maximum Gasteiger partial charge on any atom is 0.125 e. The zero-order chi connectivity index (χ0) is 15.2. The fourth-order valence-corrected chi connectivity index (χ4v) is 2.39. The number of benzene rings is 2. The van der Waals surface area contributed by atoms with Gasteiger partial charge >= 0.3 is 0 Å². The van der Waals surface area contributed by atoms with E-state index >= 15 is 0 Å². The molecule has 112 valence electrons. The number of hydrogen-bond acceptors (Lipinski definition) is 3. The summed E-state index contributed by atoms with van der Waals surface area (Å²) >= 11 is 0. The third-order valence-corrected chi connectivity index (χ3v) is 3.57. The number of ether oxygens (including phenoxy) is 1. The normalized spacial score (nSPS) is 12.0. The van der Waals surface area contributed by atoms with E-state index in [1.54, 1.807) is 13.2 Å². The molecule has 21 heavy (non-hydrogen) atoms. The van der Waals surface area contributed by atoms with Gasteiger partial charge in [-0.1, -0.05) is 24.3 Å². The summed E-state index contributed by atoms with van der Waals surface area (Å²) in [4.78, 5) is 2.02. The lowest BCUT2D eigenvalue weighted by molar-refractivity contribution is 0.401. The molecule has 1 atom stereocenters. The number of nitrogens with one attached hydrogen (secondary N) is 1. The minimum atomic E-state index is -0.224. The van der Waals surface area contributed by atoms with Crippen LogP contribution >= 0.6 is 0 Å². The summed E-state index contributed by atoms with van der Waals surface area (Å²) in [6.45, 7) is 0.709. The van der Waals surface area contributed by atoms with Crippen LogP contribution in [0.5, 0.6) is 5.75 Å². The second-order valence-electron chi connectivity index (χ2n) is 4.94. The van der Waals surface area contributed by atoms with Gasteiger partial charge in [-0.05, 0) is 31.3 Å². The van der Waals surface area contributed by atoms with Crippen molar-refractivity contribution in [3.8, 4) is 5.75 Å². The number of rotatable bonds is 6. The summed E-state index contributed by atoms with van der Waals surface area (Å²) in [5.41, 5.74) is 1.94. The third-order valence-electron chi connectivity index (χ3n) is 3.57. The number of methoxy groups -OCH3 is 1. The van der Waals surface area contributed by atoms with Crippen LogP contribution in [0.25, 0.3) is 0 Å². The van der Waals surface area contributed by atoms with Crippen LogP contribution in [0.3, 0.4) is 0 Å². The number of anilines is 1. The van der Waals surface area contributed by atoms with Crippen molar-refractivity contribution in [2.75, 3.05) is 32.6 Å². The molecule has 3 nitrogen and oxygen atoms in total. The molecule has 1 N–H and O–H groups in total. The average Bonchev–Trinajstić information content (AvgIpc) is 2.52. The van der Waals surface area contributed by atoms with Gasteiger partial charge < -0.3 is 15.0 Å². The Kier molecular flexibility index (Phi) is 5.17. The second-order valence-corrected chi connectivity index (χ2v) is 4.94. The van der Waals surface area contributed by atoms with Gasteiger partial charge in [0, 0.05) is 24.8 Å². The molecule has 4 heteroatoms. The predicted molar refractivity (Wildman–Crippen MR) is 84.5 cm³/mol. The van der Waals surface area contributed by atoms with E-state index in [0.717, 1.165) is 17.0 Å². The lowest BCUT2D eigenvalue weighted by Gasteiger charge is -2.27. The van der Waals surface area contributed by atoms with Crippen LogP contribution in [-0.4, -0.2) is 27.7 Å². The van der Waals surface area contributed by atoms with E-state index in [2.05, 4.69) is 5.32 Å². The standard InChI is InChI=1S/C17H21FN2O/c1-19-16(15-9-4-5-10-17(15)21-3)12-20(2)14-8-6-7-13(18)11-14/h4-11,16,19H,12H2,1-3H3. The highest BCUT2D eigenvalue weighted by atomic mass is 19.1. The highest BCUT2D eigenvalue weighted by molar-refractivity contribution is 5.47. The van der Waals surface area contributed by atoms with E-state index in [-0.39, 0.29) is 11.9 Å². The van der Waals surface area contributed by atoms with Gasteiger partial charge in [0.05, 0.1) is 13.2 Å². The Hall–Kier alpha value is -2.07. The molecule has 0 fully saturated rings. The molecule has 0 saturated heterocycles. The van der Waals surface area contributed by atoms with Gasteiger partial charge in [-0.25, -0.2) is 4.39 Å². The van der Waals surface area contributed by atoms with Gasteiger partial charge in [-0.2, -0.15) is 0 Å². The van der Waals surface area contributed by atoms with Gasteiger partial charge in [0.2, 0.25) is 0 Å². The Morgan fingerprint density at radius 1 is 1.19 bits per heavy atom. The quantitative estimate of drug-likeness (QED) is 0.883. The van der Waals surface area contributed by atoms with Crippen molar-refractivity contribution in [3.05, 3.63) is 59.9 Å². The van der Waals surface area contributed by atoms with Crippen molar-refractivity contribution in [1.29, 1.82) is 0 Å². The molecular formula is C17H21FN2O. The molecule has 0 aliphatic rings. The lowest BCUT2D eigenvalue weighted by atomic mass is 10.1. The van der Waals surface area contributed by atoms with Crippen molar-refractivity contribution in [2.45, 2.75) is 6.04 Å². The van der Waals surface area contributed by atoms with E-state index in [9.17, 15) is 4.39 Å². The van der Waals surface area contributed by atoms with Crippen LogP contribution in [0.15, 0.2) is 48.5 Å². The highest BCUT2D eigenvalue weighted by Gasteiger charge is 2.16. The Labute approximate surface area is 125 Å². The topological polar surface area (TPSA) is 24.5 Å². The monoisotopic (exact) mass is 288 g/mol. The van der Waals surface area contributed by atoms with E-state index in [4.69, 9.17) is 4.74 Å². The van der Waals surface area contributed by atoms with Crippen LogP contribution < -0.4 is 15.0 Å². The van der Waals surface area contributed by atoms with Gasteiger partial charge in [0.15, 0.2) is 0 Å². The summed E-state index contributed by atoms with van der Waals surface area (Å²) < 4.78 is 18.7. The van der Waals surface area contributed by atoms with Crippen molar-refractivity contribution >= 4 is 5.69 Å². The first-order valence-corrected chi connectivity index (χ1v) is 6.92. The number of likely N-dealkylation sites (N-methyl/N-ethyl adjacent to an activating group) is 2. The molecule has 0 bridgehead atoms. The van der Waals surface area contributed by atoms with Gasteiger partial charge in [-0.3, -0.25) is 0 Å². The fourth-order valence-electron chi connectivity index (χ4n) is 2.39. The largest absolute Gasteiger partial charge is 0.496 e. The average molecular weight is 288 g/mol. The van der Waals surface area contributed by atoms with Crippen LogP contribution in [0.1, 0.15) is 11.6 Å². The summed E-state index contributed by atoms with van der Waals surface area (Å²) in [5, 5.41) is 3.29. The van der Waals surface area contributed by atoms with Gasteiger partial charge in [0.1, 0.15) is 11.6 Å². The van der Waals surface area contributed by atoms with Crippen molar-refractivity contribution in [3.63, 3.8) is 0 Å². The summed E-state index contributed by atoms with van der Waals surface area (Å²) in [7, 11) is 5.53. The van der Waals surface area contributed by atoms with E-state index in [1.807, 2.05) is 49.3 Å². The highest BCUT2D eigenvalue weighted by Crippen LogP contribution is 2.26. The zero-order valence-electron chi connectivity index (χ0n) is 12.6. The number of hydrogen-bond donors (Lipinski definition) is 1. The summed E-state index contributed by atoms with van der Waals surface area (Å²) in [6, 6.07) is 14.6. The SMILES string of the molecule is CNC(CN(C)c1cccc(F)c1)c1ccccc1OC. The number of nitrogens with zero attached hydrogens (tertiary/aromatic N) is 1. The van der Waals surface area contributed by atoms with Crippen LogP contribution in [0, 0.1) is 5.82 Å². The molecule has 0 amide bonds. The molecule has 0 saturated carbocycles. The van der Waals surface area contributed by atoms with E-state index < -0.39 is 0 Å². The van der Waals surface area contributed by atoms with Crippen molar-refractivity contribution in [2.24, 2.45) is 0 Å². The van der Waals surface area contributed by atoms with Gasteiger partial charge in [-0.15, -0.1) is 0 Å². The first kappa shape index (κ1) is 15.3. The molecule has 0 radical (unpaired) electrons. The number of halogens is 1. The predicted octanol–water partition coefficient (Wildman–Crippen LogP) is 3.23. The number of para-hydroxylation sites is 1. The summed E-state index contributed by atoms with van der Waals surface area (Å²) in [5.74, 6) is 0.627. The fraction of sp³-hybridized carbons (Fsp3) is 0.294. The Morgan fingerprint density at radius 3 is 2.62 bits per heavy atom. The molecule has 2 aromatic rings.